The monoisotopic (exact) mass is 394 g/mol. The molecule has 1 N–H and O–H groups in total. The maximum atomic E-state index is 12.9. The maximum absolute atomic E-state index is 12.9. The molecular formula is C22H19ClN2O3. The van der Waals surface area contributed by atoms with Gasteiger partial charge in [0.05, 0.1) is 12.8 Å². The van der Waals surface area contributed by atoms with Crippen LogP contribution in [0.5, 0.6) is 11.5 Å². The number of phenolic OH excluding ortho intramolecular Hbond substituents is 1. The number of anilines is 1. The fourth-order valence-electron chi connectivity index (χ4n) is 3.61. The molecule has 4 rings (SSSR count). The molecule has 1 unspecified atom stereocenters. The van der Waals surface area contributed by atoms with Crippen molar-refractivity contribution in [1.29, 1.82) is 0 Å². The van der Waals surface area contributed by atoms with Crippen molar-refractivity contribution < 1.29 is 14.6 Å². The molecule has 2 aromatic carbocycles. The summed E-state index contributed by atoms with van der Waals surface area (Å²) in [5, 5.41) is 11.2. The van der Waals surface area contributed by atoms with Gasteiger partial charge in [-0.1, -0.05) is 18.2 Å². The minimum Gasteiger partial charge on any atom is -0.506 e. The van der Waals surface area contributed by atoms with Crippen LogP contribution in [-0.2, 0) is 4.79 Å². The SMILES string of the molecule is COc1ccc(/C=C/C(=O)N2CC(CCl)c3c2cc(O)c2ncccc32)cc1. The summed E-state index contributed by atoms with van der Waals surface area (Å²) in [6.45, 7) is 0.470. The Kier molecular flexibility index (Phi) is 4.92. The average molecular weight is 395 g/mol. The van der Waals surface area contributed by atoms with Crippen LogP contribution < -0.4 is 9.64 Å². The first kappa shape index (κ1) is 18.3. The standard InChI is InChI=1S/C22H19ClN2O3/c1-28-16-7-4-14(5-8-16)6-9-20(27)25-13-15(12-23)21-17-3-2-10-24-22(17)19(26)11-18(21)25/h2-11,15,26H,12-13H2,1H3/b9-6+. The molecule has 1 atom stereocenters. The highest BCUT2D eigenvalue weighted by Gasteiger charge is 2.33. The number of phenols is 1. The lowest BCUT2D eigenvalue weighted by Gasteiger charge is -2.16. The van der Waals surface area contributed by atoms with Crippen molar-refractivity contribution in [2.75, 3.05) is 24.4 Å². The Labute approximate surface area is 167 Å². The van der Waals surface area contributed by atoms with E-state index in [1.54, 1.807) is 30.3 Å². The molecule has 0 saturated heterocycles. The Morgan fingerprint density at radius 3 is 2.86 bits per heavy atom. The third-order valence-electron chi connectivity index (χ3n) is 4.98. The number of aromatic hydroxyl groups is 1. The van der Waals surface area contributed by atoms with E-state index in [1.807, 2.05) is 36.4 Å². The maximum Gasteiger partial charge on any atom is 0.251 e. The minimum absolute atomic E-state index is 0.0118. The summed E-state index contributed by atoms with van der Waals surface area (Å²) in [6, 6.07) is 12.8. The number of nitrogens with zero attached hydrogens (tertiary/aromatic N) is 2. The second kappa shape index (κ2) is 7.52. The molecule has 1 aliphatic heterocycles. The molecule has 1 aromatic heterocycles. The van der Waals surface area contributed by atoms with Crippen molar-refractivity contribution in [2.24, 2.45) is 0 Å². The summed E-state index contributed by atoms with van der Waals surface area (Å²) in [5.41, 5.74) is 3.07. The molecule has 0 saturated carbocycles. The van der Waals surface area contributed by atoms with Gasteiger partial charge < -0.3 is 14.7 Å². The van der Waals surface area contributed by atoms with Crippen molar-refractivity contribution in [3.8, 4) is 11.5 Å². The van der Waals surface area contributed by atoms with Gasteiger partial charge in [0.15, 0.2) is 0 Å². The van der Waals surface area contributed by atoms with E-state index in [2.05, 4.69) is 4.98 Å². The Morgan fingerprint density at radius 1 is 1.36 bits per heavy atom. The van der Waals surface area contributed by atoms with E-state index < -0.39 is 0 Å². The number of hydrogen-bond acceptors (Lipinski definition) is 4. The van der Waals surface area contributed by atoms with Gasteiger partial charge >= 0.3 is 0 Å². The number of hydrogen-bond donors (Lipinski definition) is 1. The first-order valence-electron chi connectivity index (χ1n) is 8.92. The quantitative estimate of drug-likeness (QED) is 0.528. The van der Waals surface area contributed by atoms with Crippen molar-refractivity contribution in [3.63, 3.8) is 0 Å². The number of rotatable bonds is 4. The molecule has 3 aromatic rings. The molecule has 28 heavy (non-hydrogen) atoms. The molecule has 0 spiro atoms. The molecule has 2 heterocycles. The average Bonchev–Trinajstić information content (AvgIpc) is 3.11. The Bertz CT molecular complexity index is 1060. The van der Waals surface area contributed by atoms with Crippen molar-refractivity contribution in [3.05, 3.63) is 65.9 Å². The summed E-state index contributed by atoms with van der Waals surface area (Å²) in [5.74, 6) is 1.03. The summed E-state index contributed by atoms with van der Waals surface area (Å²) in [4.78, 5) is 18.8. The second-order valence-electron chi connectivity index (χ2n) is 6.63. The number of carbonyl (C=O) groups is 1. The Balaban J connectivity index is 1.68. The number of ether oxygens (including phenoxy) is 1. The van der Waals surface area contributed by atoms with Crippen molar-refractivity contribution in [1.82, 2.24) is 4.98 Å². The van der Waals surface area contributed by atoms with Crippen LogP contribution in [0.2, 0.25) is 0 Å². The van der Waals surface area contributed by atoms with Crippen LogP contribution in [0.25, 0.3) is 17.0 Å². The molecular weight excluding hydrogens is 376 g/mol. The normalized spacial score (nSPS) is 15.9. The molecule has 1 aliphatic rings. The van der Waals surface area contributed by atoms with Crippen LogP contribution in [-0.4, -0.2) is 35.5 Å². The summed E-state index contributed by atoms with van der Waals surface area (Å²) >= 11 is 6.20. The predicted molar refractivity (Wildman–Crippen MR) is 111 cm³/mol. The van der Waals surface area contributed by atoms with Gasteiger partial charge in [0.1, 0.15) is 17.0 Å². The first-order chi connectivity index (χ1) is 13.6. The number of amides is 1. The first-order valence-corrected chi connectivity index (χ1v) is 9.46. The number of pyridine rings is 1. The molecule has 1 amide bonds. The van der Waals surface area contributed by atoms with Gasteiger partial charge in [0.2, 0.25) is 0 Å². The molecule has 0 aliphatic carbocycles. The third-order valence-corrected chi connectivity index (χ3v) is 5.35. The van der Waals surface area contributed by atoms with Gasteiger partial charge in [0.25, 0.3) is 5.91 Å². The predicted octanol–water partition coefficient (Wildman–Crippen LogP) is 4.33. The van der Waals surface area contributed by atoms with E-state index in [9.17, 15) is 9.90 Å². The lowest BCUT2D eigenvalue weighted by molar-refractivity contribution is -0.114. The van der Waals surface area contributed by atoms with E-state index in [1.165, 1.54) is 6.08 Å². The number of fused-ring (bicyclic) bond motifs is 3. The zero-order valence-electron chi connectivity index (χ0n) is 15.3. The highest BCUT2D eigenvalue weighted by Crippen LogP contribution is 2.44. The van der Waals surface area contributed by atoms with Crippen molar-refractivity contribution in [2.45, 2.75) is 5.92 Å². The number of halogens is 1. The molecule has 6 heteroatoms. The van der Waals surface area contributed by atoms with Gasteiger partial charge in [0, 0.05) is 42.1 Å². The van der Waals surface area contributed by atoms with E-state index in [0.717, 1.165) is 22.3 Å². The molecule has 0 fully saturated rings. The minimum atomic E-state index is -0.160. The Morgan fingerprint density at radius 2 is 2.14 bits per heavy atom. The number of benzene rings is 2. The molecule has 5 nitrogen and oxygen atoms in total. The fourth-order valence-corrected chi connectivity index (χ4v) is 3.86. The highest BCUT2D eigenvalue weighted by atomic mass is 35.5. The summed E-state index contributed by atoms with van der Waals surface area (Å²) in [7, 11) is 1.61. The van der Waals surface area contributed by atoms with Gasteiger partial charge in [-0.25, -0.2) is 0 Å². The number of alkyl halides is 1. The second-order valence-corrected chi connectivity index (χ2v) is 6.94. The van der Waals surface area contributed by atoms with E-state index in [4.69, 9.17) is 16.3 Å². The topological polar surface area (TPSA) is 62.7 Å². The lowest BCUT2D eigenvalue weighted by Crippen LogP contribution is -2.28. The van der Waals surface area contributed by atoms with Crippen LogP contribution in [0.4, 0.5) is 5.69 Å². The smallest absolute Gasteiger partial charge is 0.251 e. The van der Waals surface area contributed by atoms with Crippen LogP contribution in [0, 0.1) is 0 Å². The lowest BCUT2D eigenvalue weighted by atomic mass is 9.98. The summed E-state index contributed by atoms with van der Waals surface area (Å²) in [6.07, 6.45) is 4.93. The van der Waals surface area contributed by atoms with E-state index >= 15 is 0 Å². The largest absolute Gasteiger partial charge is 0.506 e. The highest BCUT2D eigenvalue weighted by molar-refractivity contribution is 6.19. The zero-order chi connectivity index (χ0) is 19.7. The van der Waals surface area contributed by atoms with Crippen LogP contribution >= 0.6 is 11.6 Å². The third kappa shape index (κ3) is 3.18. The molecule has 0 bridgehead atoms. The van der Waals surface area contributed by atoms with Gasteiger partial charge in [-0.15, -0.1) is 11.6 Å². The van der Waals surface area contributed by atoms with Crippen LogP contribution in [0.15, 0.2) is 54.7 Å². The van der Waals surface area contributed by atoms with Gasteiger partial charge in [-0.2, -0.15) is 0 Å². The van der Waals surface area contributed by atoms with Crippen LogP contribution in [0.3, 0.4) is 0 Å². The fraction of sp³-hybridized carbons (Fsp3) is 0.182. The zero-order valence-corrected chi connectivity index (χ0v) is 16.1. The molecule has 0 radical (unpaired) electrons. The van der Waals surface area contributed by atoms with Crippen LogP contribution in [0.1, 0.15) is 17.0 Å². The molecule has 142 valence electrons. The van der Waals surface area contributed by atoms with Crippen molar-refractivity contribution >= 4 is 40.2 Å². The number of methoxy groups -OCH3 is 1. The van der Waals surface area contributed by atoms with Gasteiger partial charge in [-0.05, 0) is 35.4 Å². The number of carbonyl (C=O) groups excluding carboxylic acids is 1. The summed E-state index contributed by atoms with van der Waals surface area (Å²) < 4.78 is 5.15. The van der Waals surface area contributed by atoms with Gasteiger partial charge in [-0.3, -0.25) is 9.78 Å². The number of aromatic nitrogens is 1. The van der Waals surface area contributed by atoms with E-state index in [-0.39, 0.29) is 17.6 Å². The van der Waals surface area contributed by atoms with E-state index in [0.29, 0.717) is 23.6 Å². The Hall–Kier alpha value is -3.05.